The molecule has 4 aromatic rings. The molecule has 0 aliphatic carbocycles. The summed E-state index contributed by atoms with van der Waals surface area (Å²) < 4.78 is 109. The Morgan fingerprint density at radius 2 is 2.02 bits per heavy atom. The van der Waals surface area contributed by atoms with Gasteiger partial charge in [-0.05, 0) is 36.4 Å². The van der Waals surface area contributed by atoms with E-state index >= 15 is 4.39 Å². The van der Waals surface area contributed by atoms with Gasteiger partial charge in [0.15, 0.2) is 5.82 Å². The van der Waals surface area contributed by atoms with Crippen LogP contribution in [0.1, 0.15) is 34.5 Å². The number of methoxy groups -OCH3 is 1. The molecule has 218 valence electrons. The highest BCUT2D eigenvalue weighted by Gasteiger charge is 2.37. The van der Waals surface area contributed by atoms with Gasteiger partial charge in [-0.2, -0.15) is 18.3 Å². The van der Waals surface area contributed by atoms with E-state index in [0.29, 0.717) is 0 Å². The van der Waals surface area contributed by atoms with Gasteiger partial charge in [-0.1, -0.05) is 0 Å². The Hall–Kier alpha value is -4.47. The molecule has 0 radical (unpaired) electrons. The summed E-state index contributed by atoms with van der Waals surface area (Å²) in [5, 5.41) is 7.75. The number of hydrogen-bond acceptors (Lipinski definition) is 8. The number of anilines is 2. The molecule has 0 saturated heterocycles. The maximum Gasteiger partial charge on any atom is 0.423 e. The fourth-order valence-electron chi connectivity index (χ4n) is 4.17. The molecule has 1 atom stereocenters. The lowest BCUT2D eigenvalue weighted by molar-refractivity contribution is -0.138. The van der Waals surface area contributed by atoms with Gasteiger partial charge in [-0.3, -0.25) is 9.59 Å². The molecule has 1 aromatic carbocycles. The van der Waals surface area contributed by atoms with E-state index < -0.39 is 71.9 Å². The lowest BCUT2D eigenvalue weighted by atomic mass is 10.1. The molecule has 0 aliphatic heterocycles. The minimum Gasteiger partial charge on any atom is -0.383 e. The van der Waals surface area contributed by atoms with Crippen molar-refractivity contribution < 1.29 is 35.2 Å². The van der Waals surface area contributed by atoms with Crippen molar-refractivity contribution in [1.29, 1.82) is 0 Å². The Morgan fingerprint density at radius 1 is 1.24 bits per heavy atom. The molecule has 0 amide bonds. The highest BCUT2D eigenvalue weighted by Crippen LogP contribution is 2.32. The zero-order chi connectivity index (χ0) is 32.4. The van der Waals surface area contributed by atoms with E-state index in [9.17, 15) is 31.5 Å². The van der Waals surface area contributed by atoms with Gasteiger partial charge in [-0.15, -0.1) is 0 Å². The summed E-state index contributed by atoms with van der Waals surface area (Å²) in [4.78, 5) is 32.4. The number of hydrogen-bond donors (Lipinski definition) is 3. The molecule has 0 bridgehead atoms. The molecule has 0 saturated carbocycles. The van der Waals surface area contributed by atoms with Crippen molar-refractivity contribution in [3.05, 3.63) is 74.4 Å². The number of alkyl halides is 5. The van der Waals surface area contributed by atoms with Crippen LogP contribution in [0.5, 0.6) is 0 Å². The first kappa shape index (κ1) is 25.5. The third kappa shape index (κ3) is 6.48. The van der Waals surface area contributed by atoms with Crippen LogP contribution >= 0.6 is 0 Å². The van der Waals surface area contributed by atoms with Gasteiger partial charge < -0.3 is 20.4 Å². The van der Waals surface area contributed by atoms with Crippen molar-refractivity contribution in [2.75, 3.05) is 24.7 Å². The summed E-state index contributed by atoms with van der Waals surface area (Å²) in [6.45, 7) is -0.593. The van der Waals surface area contributed by atoms with E-state index in [1.807, 2.05) is 0 Å². The van der Waals surface area contributed by atoms with Gasteiger partial charge in [0.25, 0.3) is 17.5 Å². The summed E-state index contributed by atoms with van der Waals surface area (Å²) in [7, 11) is -2.86. The molecule has 16 heteroatoms. The van der Waals surface area contributed by atoms with Crippen LogP contribution in [-0.2, 0) is 17.5 Å². The number of pyridine rings is 1. The van der Waals surface area contributed by atoms with E-state index in [4.69, 9.17) is 14.6 Å². The Bertz CT molecular complexity index is 1780. The van der Waals surface area contributed by atoms with Gasteiger partial charge in [0, 0.05) is 32.0 Å². The second kappa shape index (κ2) is 12.0. The monoisotopic (exact) mass is 586 g/mol. The molecule has 10 nitrogen and oxygen atoms in total. The zero-order valence-corrected chi connectivity index (χ0v) is 20.8. The standard InChI is InChI=1S/C25H23F6N7O3/c1-41-11-13(35-18-10-34-37-23(39)19(18)25(29,30)31)3-2-5-38-6-4-12-7-15(17(26)8-14(12)24(38)40)22-33-9-16(20(27)28)21(32)36-22/h4,6-10,13,20H,2-3,5,11H2,1H3,(H2,32,33,36)(H2,35,37,39)/i1D3. The lowest BCUT2D eigenvalue weighted by Gasteiger charge is -2.21. The van der Waals surface area contributed by atoms with Crippen LogP contribution in [-0.4, -0.2) is 44.4 Å². The Morgan fingerprint density at radius 3 is 2.71 bits per heavy atom. The first-order valence-electron chi connectivity index (χ1n) is 13.3. The topological polar surface area (TPSA) is 141 Å². The third-order valence-electron chi connectivity index (χ3n) is 6.12. The number of nitrogens with two attached hydrogens (primary N) is 1. The largest absolute Gasteiger partial charge is 0.423 e. The van der Waals surface area contributed by atoms with Crippen LogP contribution < -0.4 is 22.2 Å². The molecule has 0 spiro atoms. The Kier molecular flexibility index (Phi) is 7.43. The van der Waals surface area contributed by atoms with E-state index in [2.05, 4.69) is 20.4 Å². The first-order chi connectivity index (χ1) is 20.5. The average molecular weight is 587 g/mol. The van der Waals surface area contributed by atoms with E-state index in [0.717, 1.165) is 18.5 Å². The minimum absolute atomic E-state index is 0.0153. The number of H-pyrrole nitrogens is 1. The van der Waals surface area contributed by atoms with Crippen molar-refractivity contribution in [3.8, 4) is 11.4 Å². The van der Waals surface area contributed by atoms with Gasteiger partial charge in [-0.25, -0.2) is 28.2 Å². The summed E-state index contributed by atoms with van der Waals surface area (Å²) in [5.74, 6) is -1.71. The maximum atomic E-state index is 15.0. The Labute approximate surface area is 231 Å². The molecule has 41 heavy (non-hydrogen) atoms. The molecule has 3 aromatic heterocycles. The van der Waals surface area contributed by atoms with Gasteiger partial charge in [0.1, 0.15) is 17.2 Å². The molecule has 4 rings (SSSR count). The molecule has 4 N–H and O–H groups in total. The van der Waals surface area contributed by atoms with Crippen molar-refractivity contribution in [2.45, 2.75) is 38.0 Å². The zero-order valence-electron chi connectivity index (χ0n) is 23.8. The van der Waals surface area contributed by atoms with E-state index in [-0.39, 0.29) is 41.5 Å². The molecule has 0 fully saturated rings. The fraction of sp³-hybridized carbons (Fsp3) is 0.320. The summed E-state index contributed by atoms with van der Waals surface area (Å²) in [6.07, 6.45) is -5.00. The number of nitrogens with one attached hydrogen (secondary N) is 2. The highest BCUT2D eigenvalue weighted by molar-refractivity contribution is 5.86. The van der Waals surface area contributed by atoms with Crippen LogP contribution in [0, 0.1) is 5.82 Å². The molecule has 3 heterocycles. The normalized spacial score (nSPS) is 14.1. The van der Waals surface area contributed by atoms with Crippen molar-refractivity contribution in [3.63, 3.8) is 0 Å². The number of nitrogen functional groups attached to an aromatic ring is 1. The van der Waals surface area contributed by atoms with E-state index in [1.54, 1.807) is 5.10 Å². The second-order valence-corrected chi connectivity index (χ2v) is 8.85. The smallest absolute Gasteiger partial charge is 0.383 e. The number of aromatic amines is 1. The number of aryl methyl sites for hydroxylation is 1. The first-order valence-corrected chi connectivity index (χ1v) is 11.8. The number of ether oxygens (including phenoxy) is 1. The summed E-state index contributed by atoms with van der Waals surface area (Å²) in [6, 6.07) is 2.60. The van der Waals surface area contributed by atoms with E-state index in [1.165, 1.54) is 22.9 Å². The van der Waals surface area contributed by atoms with Crippen molar-refractivity contribution in [1.82, 2.24) is 24.7 Å². The SMILES string of the molecule is [2H]C([2H])([2H])OCC(CCCn1ccc2cc(-c3ncc(C(F)F)c(N)n3)c(F)cc2c1=O)Nc1cn[nH]c(=O)c1C(F)(F)F. The predicted molar refractivity (Wildman–Crippen MR) is 137 cm³/mol. The molecule has 0 aliphatic rings. The molecule has 1 unspecified atom stereocenters. The summed E-state index contributed by atoms with van der Waals surface area (Å²) in [5.41, 5.74) is 0.361. The quantitative estimate of drug-likeness (QED) is 0.236. The number of halogens is 6. The lowest BCUT2D eigenvalue weighted by Crippen LogP contribution is -2.31. The maximum absolute atomic E-state index is 15.0. The van der Waals surface area contributed by atoms with Crippen molar-refractivity contribution in [2.24, 2.45) is 0 Å². The number of benzene rings is 1. The van der Waals surface area contributed by atoms with Crippen LogP contribution in [0.3, 0.4) is 0 Å². The summed E-state index contributed by atoms with van der Waals surface area (Å²) >= 11 is 0. The Balaban J connectivity index is 1.55. The minimum atomic E-state index is -5.05. The highest BCUT2D eigenvalue weighted by atomic mass is 19.4. The molecular formula is C25H23F6N7O3. The number of nitrogens with zero attached hydrogens (tertiary/aromatic N) is 4. The van der Waals surface area contributed by atoms with Crippen LogP contribution in [0.25, 0.3) is 22.2 Å². The number of rotatable bonds is 10. The molecular weight excluding hydrogens is 560 g/mol. The fourth-order valence-corrected chi connectivity index (χ4v) is 4.17. The van der Waals surface area contributed by atoms with Gasteiger partial charge >= 0.3 is 6.18 Å². The van der Waals surface area contributed by atoms with Gasteiger partial charge in [0.2, 0.25) is 0 Å². The average Bonchev–Trinajstić information content (AvgIpc) is 2.91. The third-order valence-corrected chi connectivity index (χ3v) is 6.12. The number of fused-ring (bicyclic) bond motifs is 1. The number of aromatic nitrogens is 5. The predicted octanol–water partition coefficient (Wildman–Crippen LogP) is 4.13. The van der Waals surface area contributed by atoms with Crippen LogP contribution in [0.2, 0.25) is 0 Å². The second-order valence-electron chi connectivity index (χ2n) is 8.85. The van der Waals surface area contributed by atoms with Crippen molar-refractivity contribution >= 4 is 22.3 Å². The van der Waals surface area contributed by atoms with Crippen LogP contribution in [0.15, 0.2) is 46.4 Å². The van der Waals surface area contributed by atoms with Crippen LogP contribution in [0.4, 0.5) is 37.8 Å². The van der Waals surface area contributed by atoms with Gasteiger partial charge in [0.05, 0.1) is 39.1 Å².